The van der Waals surface area contributed by atoms with Crippen LogP contribution in [0.25, 0.3) is 11.3 Å². The van der Waals surface area contributed by atoms with Gasteiger partial charge >= 0.3 is 0 Å². The number of anilines is 1. The van der Waals surface area contributed by atoms with Crippen LogP contribution in [0.5, 0.6) is 0 Å². The molecule has 1 N–H and O–H groups in total. The molecular formula is C19H18FN5O. The van der Waals surface area contributed by atoms with Crippen LogP contribution in [0.3, 0.4) is 0 Å². The summed E-state index contributed by atoms with van der Waals surface area (Å²) in [7, 11) is 0. The molecule has 26 heavy (non-hydrogen) atoms. The van der Waals surface area contributed by atoms with Gasteiger partial charge in [-0.25, -0.2) is 4.39 Å². The highest BCUT2D eigenvalue weighted by atomic mass is 19.1. The first-order chi connectivity index (χ1) is 12.7. The molecule has 0 spiro atoms. The SMILES string of the molecule is O=C(c1cccc(F)c1)N1CCN(c2cc(-c3cccnc3)[nH]n2)CC1. The van der Waals surface area contributed by atoms with E-state index in [4.69, 9.17) is 0 Å². The topological polar surface area (TPSA) is 65.1 Å². The van der Waals surface area contributed by atoms with Crippen molar-refractivity contribution in [1.29, 1.82) is 0 Å². The van der Waals surface area contributed by atoms with Gasteiger partial charge in [-0.15, -0.1) is 0 Å². The van der Waals surface area contributed by atoms with Crippen LogP contribution in [0.2, 0.25) is 0 Å². The fourth-order valence-electron chi connectivity index (χ4n) is 3.09. The summed E-state index contributed by atoms with van der Waals surface area (Å²) < 4.78 is 13.3. The molecule has 3 aromatic rings. The third-order valence-corrected chi connectivity index (χ3v) is 4.50. The molecule has 1 aromatic carbocycles. The van der Waals surface area contributed by atoms with E-state index in [1.54, 1.807) is 29.4 Å². The number of hydrogen-bond acceptors (Lipinski definition) is 4. The van der Waals surface area contributed by atoms with E-state index < -0.39 is 5.82 Å². The van der Waals surface area contributed by atoms with Gasteiger partial charge in [0.2, 0.25) is 0 Å². The summed E-state index contributed by atoms with van der Waals surface area (Å²) in [5, 5.41) is 7.41. The van der Waals surface area contributed by atoms with E-state index in [0.29, 0.717) is 31.7 Å². The highest BCUT2D eigenvalue weighted by Gasteiger charge is 2.23. The molecule has 1 aliphatic heterocycles. The van der Waals surface area contributed by atoms with E-state index in [0.717, 1.165) is 17.1 Å². The molecule has 1 aliphatic rings. The second kappa shape index (κ2) is 6.95. The van der Waals surface area contributed by atoms with Crippen LogP contribution in [-0.2, 0) is 0 Å². The molecule has 0 saturated carbocycles. The zero-order chi connectivity index (χ0) is 17.9. The summed E-state index contributed by atoms with van der Waals surface area (Å²) in [6.45, 7) is 2.51. The predicted octanol–water partition coefficient (Wildman–Crippen LogP) is 2.57. The van der Waals surface area contributed by atoms with E-state index >= 15 is 0 Å². The zero-order valence-corrected chi connectivity index (χ0v) is 14.1. The van der Waals surface area contributed by atoms with Gasteiger partial charge in [-0.3, -0.25) is 14.9 Å². The summed E-state index contributed by atoms with van der Waals surface area (Å²) in [5.41, 5.74) is 2.27. The highest BCUT2D eigenvalue weighted by Crippen LogP contribution is 2.22. The first kappa shape index (κ1) is 16.3. The van der Waals surface area contributed by atoms with Crippen molar-refractivity contribution in [2.75, 3.05) is 31.1 Å². The van der Waals surface area contributed by atoms with Gasteiger partial charge in [-0.1, -0.05) is 6.07 Å². The number of aromatic nitrogens is 3. The Labute approximate surface area is 150 Å². The molecular weight excluding hydrogens is 333 g/mol. The third kappa shape index (κ3) is 3.28. The van der Waals surface area contributed by atoms with E-state index in [2.05, 4.69) is 20.1 Å². The van der Waals surface area contributed by atoms with Gasteiger partial charge < -0.3 is 9.80 Å². The number of aromatic amines is 1. The highest BCUT2D eigenvalue weighted by molar-refractivity contribution is 5.94. The van der Waals surface area contributed by atoms with Crippen LogP contribution < -0.4 is 4.90 Å². The van der Waals surface area contributed by atoms with Gasteiger partial charge in [0.1, 0.15) is 5.82 Å². The van der Waals surface area contributed by atoms with Crippen LogP contribution in [0, 0.1) is 5.82 Å². The quantitative estimate of drug-likeness (QED) is 0.788. The summed E-state index contributed by atoms with van der Waals surface area (Å²) in [6, 6.07) is 11.7. The summed E-state index contributed by atoms with van der Waals surface area (Å²) in [4.78, 5) is 20.5. The fourth-order valence-corrected chi connectivity index (χ4v) is 3.09. The summed E-state index contributed by atoms with van der Waals surface area (Å²) in [5.74, 6) is 0.317. The summed E-state index contributed by atoms with van der Waals surface area (Å²) in [6.07, 6.45) is 3.52. The van der Waals surface area contributed by atoms with E-state index in [1.165, 1.54) is 12.1 Å². The van der Waals surface area contributed by atoms with Crippen molar-refractivity contribution < 1.29 is 9.18 Å². The minimum absolute atomic E-state index is 0.137. The maximum Gasteiger partial charge on any atom is 0.254 e. The Morgan fingerprint density at radius 2 is 1.92 bits per heavy atom. The minimum Gasteiger partial charge on any atom is -0.352 e. The maximum atomic E-state index is 13.3. The number of hydrogen-bond donors (Lipinski definition) is 1. The third-order valence-electron chi connectivity index (χ3n) is 4.50. The van der Waals surface area contributed by atoms with Gasteiger partial charge in [-0.05, 0) is 30.3 Å². The average Bonchev–Trinajstić information content (AvgIpc) is 3.18. The second-order valence-corrected chi connectivity index (χ2v) is 6.17. The molecule has 6 nitrogen and oxygen atoms in total. The number of nitrogens with one attached hydrogen (secondary N) is 1. The second-order valence-electron chi connectivity index (χ2n) is 6.17. The largest absolute Gasteiger partial charge is 0.352 e. The van der Waals surface area contributed by atoms with Crippen LogP contribution >= 0.6 is 0 Å². The van der Waals surface area contributed by atoms with Crippen molar-refractivity contribution >= 4 is 11.7 Å². The zero-order valence-electron chi connectivity index (χ0n) is 14.1. The van der Waals surface area contributed by atoms with Gasteiger partial charge in [0.25, 0.3) is 5.91 Å². The summed E-state index contributed by atoms with van der Waals surface area (Å²) >= 11 is 0. The lowest BCUT2D eigenvalue weighted by Crippen LogP contribution is -2.49. The molecule has 0 bridgehead atoms. The van der Waals surface area contributed by atoms with Gasteiger partial charge in [0, 0.05) is 55.8 Å². The van der Waals surface area contributed by atoms with Gasteiger partial charge in [0.15, 0.2) is 5.82 Å². The number of piperazine rings is 1. The Morgan fingerprint density at radius 1 is 1.08 bits per heavy atom. The first-order valence-corrected chi connectivity index (χ1v) is 8.46. The Bertz CT molecular complexity index is 903. The average molecular weight is 351 g/mol. The van der Waals surface area contributed by atoms with Crippen molar-refractivity contribution in [2.24, 2.45) is 0 Å². The van der Waals surface area contributed by atoms with Gasteiger partial charge in [-0.2, -0.15) is 5.10 Å². The molecule has 2 aromatic heterocycles. The fraction of sp³-hybridized carbons (Fsp3) is 0.211. The predicted molar refractivity (Wildman–Crippen MR) is 96.3 cm³/mol. The number of carbonyl (C=O) groups excluding carboxylic acids is 1. The van der Waals surface area contributed by atoms with Crippen LogP contribution in [0.15, 0.2) is 54.9 Å². The van der Waals surface area contributed by atoms with Crippen LogP contribution in [-0.4, -0.2) is 52.2 Å². The number of benzene rings is 1. The number of carbonyl (C=O) groups is 1. The normalized spacial score (nSPS) is 14.5. The van der Waals surface area contributed by atoms with Crippen molar-refractivity contribution in [3.63, 3.8) is 0 Å². The molecule has 132 valence electrons. The standard InChI is InChI=1S/C19H18FN5O/c20-16-5-1-3-14(11-16)19(26)25-9-7-24(8-10-25)18-12-17(22-23-18)15-4-2-6-21-13-15/h1-6,11-13H,7-10H2,(H,22,23). The number of H-pyrrole nitrogens is 1. The number of pyridine rings is 1. The van der Waals surface area contributed by atoms with Crippen LogP contribution in [0.4, 0.5) is 10.2 Å². The van der Waals surface area contributed by atoms with Crippen LogP contribution in [0.1, 0.15) is 10.4 Å². The van der Waals surface area contributed by atoms with Crippen molar-refractivity contribution in [1.82, 2.24) is 20.1 Å². The molecule has 0 aliphatic carbocycles. The molecule has 0 unspecified atom stereocenters. The Hall–Kier alpha value is -3.22. The molecule has 0 radical (unpaired) electrons. The van der Waals surface area contributed by atoms with Crippen molar-refractivity contribution in [3.05, 3.63) is 66.2 Å². The molecule has 1 amide bonds. The molecule has 1 fully saturated rings. The smallest absolute Gasteiger partial charge is 0.254 e. The molecule has 4 rings (SSSR count). The number of rotatable bonds is 3. The van der Waals surface area contributed by atoms with E-state index in [1.807, 2.05) is 18.2 Å². The Morgan fingerprint density at radius 3 is 2.65 bits per heavy atom. The maximum absolute atomic E-state index is 13.3. The number of amides is 1. The Balaban J connectivity index is 1.41. The van der Waals surface area contributed by atoms with E-state index in [-0.39, 0.29) is 5.91 Å². The van der Waals surface area contributed by atoms with Crippen molar-refractivity contribution in [3.8, 4) is 11.3 Å². The molecule has 1 saturated heterocycles. The number of halogens is 1. The lowest BCUT2D eigenvalue weighted by molar-refractivity contribution is 0.0746. The first-order valence-electron chi connectivity index (χ1n) is 8.46. The Kier molecular flexibility index (Phi) is 4.35. The molecule has 0 atom stereocenters. The van der Waals surface area contributed by atoms with Crippen molar-refractivity contribution in [2.45, 2.75) is 0 Å². The van der Waals surface area contributed by atoms with Gasteiger partial charge in [0.05, 0.1) is 5.69 Å². The monoisotopic (exact) mass is 351 g/mol. The number of nitrogens with zero attached hydrogens (tertiary/aromatic N) is 4. The molecule has 3 heterocycles. The lowest BCUT2D eigenvalue weighted by Gasteiger charge is -2.34. The van der Waals surface area contributed by atoms with E-state index in [9.17, 15) is 9.18 Å². The minimum atomic E-state index is -0.395. The molecule has 7 heteroatoms. The lowest BCUT2D eigenvalue weighted by atomic mass is 10.1.